The average molecular weight is 228 g/mol. The Hall–Kier alpha value is -0.720. The number of piperazine rings is 1. The third-order valence-electron chi connectivity index (χ3n) is 2.87. The molecule has 0 atom stereocenters. The molecule has 0 unspecified atom stereocenters. The van der Waals surface area contributed by atoms with Crippen LogP contribution < -0.4 is 5.32 Å². The zero-order valence-corrected chi connectivity index (χ0v) is 9.86. The Morgan fingerprint density at radius 2 is 2.07 bits per heavy atom. The van der Waals surface area contributed by atoms with E-state index in [0.717, 1.165) is 26.2 Å². The normalized spacial score (nSPS) is 19.3. The van der Waals surface area contributed by atoms with Gasteiger partial charge in [0.25, 0.3) is 4.84 Å². The maximum absolute atomic E-state index is 5.39. The van der Waals surface area contributed by atoms with E-state index in [-0.39, 0.29) is 5.54 Å². The summed E-state index contributed by atoms with van der Waals surface area (Å²) in [7, 11) is 0. The fourth-order valence-electron chi connectivity index (χ4n) is 1.85. The molecule has 0 aliphatic carbocycles. The first-order valence-corrected chi connectivity index (χ1v) is 5.53. The van der Waals surface area contributed by atoms with Crippen molar-refractivity contribution >= 4 is 12.2 Å². The average Bonchev–Trinajstić information content (AvgIpc) is 2.67. The van der Waals surface area contributed by atoms with Crippen LogP contribution in [0.2, 0.25) is 0 Å². The lowest BCUT2D eigenvalue weighted by Crippen LogP contribution is -2.51. The summed E-state index contributed by atoms with van der Waals surface area (Å²) in [5.74, 6) is 0.661. The lowest BCUT2D eigenvalue weighted by Gasteiger charge is -2.38. The molecular weight excluding hydrogens is 212 g/mol. The van der Waals surface area contributed by atoms with Gasteiger partial charge in [0.2, 0.25) is 5.89 Å². The Morgan fingerprint density at radius 3 is 2.60 bits per heavy atom. The van der Waals surface area contributed by atoms with Crippen molar-refractivity contribution in [2.45, 2.75) is 19.4 Å². The molecule has 0 bridgehead atoms. The second kappa shape index (κ2) is 4.03. The minimum atomic E-state index is -0.199. The molecule has 2 rings (SSSR count). The van der Waals surface area contributed by atoms with Gasteiger partial charge < -0.3 is 9.73 Å². The molecule has 0 radical (unpaired) electrons. The summed E-state index contributed by atoms with van der Waals surface area (Å²) in [6, 6.07) is 0. The zero-order valence-electron chi connectivity index (χ0n) is 9.04. The molecule has 1 aliphatic rings. The molecule has 6 heteroatoms. The van der Waals surface area contributed by atoms with Crippen LogP contribution in [0.25, 0.3) is 0 Å². The topological polar surface area (TPSA) is 57.1 Å². The van der Waals surface area contributed by atoms with Gasteiger partial charge in [-0.2, -0.15) is 0 Å². The second-order valence-electron chi connectivity index (χ2n) is 4.21. The molecule has 0 aromatic carbocycles. The van der Waals surface area contributed by atoms with Crippen molar-refractivity contribution in [2.75, 3.05) is 26.2 Å². The summed E-state index contributed by atoms with van der Waals surface area (Å²) in [5, 5.41) is 10.1. The number of hydrogen-bond donors (Lipinski definition) is 2. The smallest absolute Gasteiger partial charge is 0.284 e. The highest BCUT2D eigenvalue weighted by Gasteiger charge is 2.34. The lowest BCUT2D eigenvalue weighted by molar-refractivity contribution is 0.0771. The van der Waals surface area contributed by atoms with Gasteiger partial charge in [-0.05, 0) is 26.1 Å². The van der Waals surface area contributed by atoms with Crippen LogP contribution in [0, 0.1) is 4.84 Å². The summed E-state index contributed by atoms with van der Waals surface area (Å²) in [4.78, 5) is 2.69. The quantitative estimate of drug-likeness (QED) is 0.736. The van der Waals surface area contributed by atoms with Crippen LogP contribution in [0.1, 0.15) is 19.7 Å². The van der Waals surface area contributed by atoms with Crippen molar-refractivity contribution in [1.29, 1.82) is 0 Å². The first-order valence-electron chi connectivity index (χ1n) is 5.12. The molecule has 0 amide bonds. The fraction of sp³-hybridized carbons (Fsp3) is 0.778. The largest absolute Gasteiger partial charge is 0.412 e. The first-order chi connectivity index (χ1) is 7.10. The number of hydrogen-bond acceptors (Lipinski definition) is 5. The number of nitrogens with one attached hydrogen (secondary N) is 2. The maximum Gasteiger partial charge on any atom is 0.284 e. The molecule has 0 saturated carbocycles. The molecule has 2 heterocycles. The maximum atomic E-state index is 5.39. The van der Waals surface area contributed by atoms with Crippen LogP contribution in [-0.2, 0) is 5.54 Å². The molecule has 1 aromatic rings. The number of aromatic nitrogens is 2. The molecule has 1 saturated heterocycles. The minimum absolute atomic E-state index is 0.199. The van der Waals surface area contributed by atoms with Gasteiger partial charge in [0.1, 0.15) is 0 Å². The van der Waals surface area contributed by atoms with Crippen LogP contribution >= 0.6 is 12.2 Å². The predicted octanol–water partition coefficient (Wildman–Crippen LogP) is 0.872. The van der Waals surface area contributed by atoms with E-state index in [1.54, 1.807) is 0 Å². The molecule has 1 aromatic heterocycles. The Morgan fingerprint density at radius 1 is 1.40 bits per heavy atom. The van der Waals surface area contributed by atoms with Crippen molar-refractivity contribution < 1.29 is 4.42 Å². The molecule has 1 fully saturated rings. The van der Waals surface area contributed by atoms with Gasteiger partial charge in [0.05, 0.1) is 5.54 Å². The van der Waals surface area contributed by atoms with Crippen molar-refractivity contribution in [2.24, 2.45) is 0 Å². The highest BCUT2D eigenvalue weighted by molar-refractivity contribution is 7.71. The van der Waals surface area contributed by atoms with E-state index in [4.69, 9.17) is 16.6 Å². The van der Waals surface area contributed by atoms with Gasteiger partial charge in [0, 0.05) is 26.2 Å². The summed E-state index contributed by atoms with van der Waals surface area (Å²) in [6.07, 6.45) is 0. The van der Waals surface area contributed by atoms with E-state index in [2.05, 4.69) is 34.3 Å². The van der Waals surface area contributed by atoms with Gasteiger partial charge in [-0.1, -0.05) is 0 Å². The Labute approximate surface area is 93.9 Å². The molecule has 84 valence electrons. The standard InChI is InChI=1S/C9H16N4OS/c1-9(2,7-11-12-8(15)14-7)13-5-3-10-4-6-13/h10H,3-6H2,1-2H3,(H,12,15). The fourth-order valence-corrected chi connectivity index (χ4v) is 1.98. The van der Waals surface area contributed by atoms with E-state index in [1.165, 1.54) is 0 Å². The van der Waals surface area contributed by atoms with Crippen LogP contribution in [0.3, 0.4) is 0 Å². The van der Waals surface area contributed by atoms with Crippen molar-refractivity contribution in [1.82, 2.24) is 20.4 Å². The van der Waals surface area contributed by atoms with E-state index in [0.29, 0.717) is 10.7 Å². The third kappa shape index (κ3) is 2.11. The van der Waals surface area contributed by atoms with Crippen LogP contribution in [0.5, 0.6) is 0 Å². The van der Waals surface area contributed by atoms with Gasteiger partial charge in [-0.15, -0.1) is 5.10 Å². The summed E-state index contributed by atoms with van der Waals surface area (Å²) >= 11 is 4.89. The number of H-pyrrole nitrogens is 1. The van der Waals surface area contributed by atoms with Gasteiger partial charge >= 0.3 is 0 Å². The molecule has 2 N–H and O–H groups in total. The van der Waals surface area contributed by atoms with Crippen molar-refractivity contribution in [3.63, 3.8) is 0 Å². The Kier molecular flexibility index (Phi) is 2.90. The summed E-state index contributed by atoms with van der Waals surface area (Å²) < 4.78 is 5.39. The molecular formula is C9H16N4OS. The molecule has 1 aliphatic heterocycles. The number of rotatable bonds is 2. The summed E-state index contributed by atoms with van der Waals surface area (Å²) in [5.41, 5.74) is -0.199. The predicted molar refractivity (Wildman–Crippen MR) is 59.2 cm³/mol. The molecule has 5 nitrogen and oxygen atoms in total. The molecule has 15 heavy (non-hydrogen) atoms. The van der Waals surface area contributed by atoms with Gasteiger partial charge in [-0.3, -0.25) is 4.90 Å². The van der Waals surface area contributed by atoms with Crippen LogP contribution in [0.4, 0.5) is 0 Å². The highest BCUT2D eigenvalue weighted by Crippen LogP contribution is 2.26. The minimum Gasteiger partial charge on any atom is -0.412 e. The number of nitrogens with zero attached hydrogens (tertiary/aromatic N) is 2. The zero-order chi connectivity index (χ0) is 10.9. The van der Waals surface area contributed by atoms with Crippen LogP contribution in [-0.4, -0.2) is 41.3 Å². The highest BCUT2D eigenvalue weighted by atomic mass is 32.1. The van der Waals surface area contributed by atoms with Crippen molar-refractivity contribution in [3.8, 4) is 0 Å². The van der Waals surface area contributed by atoms with E-state index >= 15 is 0 Å². The van der Waals surface area contributed by atoms with E-state index in [1.807, 2.05) is 0 Å². The van der Waals surface area contributed by atoms with E-state index < -0.39 is 0 Å². The van der Waals surface area contributed by atoms with E-state index in [9.17, 15) is 0 Å². The lowest BCUT2D eigenvalue weighted by atomic mass is 10.0. The monoisotopic (exact) mass is 228 g/mol. The third-order valence-corrected chi connectivity index (χ3v) is 3.04. The Bertz CT molecular complexity index is 377. The molecule has 0 spiro atoms. The number of aromatic amines is 1. The first kappa shape index (κ1) is 10.8. The second-order valence-corrected chi connectivity index (χ2v) is 4.59. The van der Waals surface area contributed by atoms with Crippen LogP contribution in [0.15, 0.2) is 4.42 Å². The Balaban J connectivity index is 2.20. The van der Waals surface area contributed by atoms with Gasteiger partial charge in [0.15, 0.2) is 0 Å². The van der Waals surface area contributed by atoms with Gasteiger partial charge in [-0.25, -0.2) is 5.10 Å². The SMILES string of the molecule is CC(C)(c1n[nH]c(=S)o1)N1CCNCC1. The summed E-state index contributed by atoms with van der Waals surface area (Å²) in [6.45, 7) is 8.23. The van der Waals surface area contributed by atoms with Crippen molar-refractivity contribution in [3.05, 3.63) is 10.7 Å².